The second-order valence-electron chi connectivity index (χ2n) is 3.50. The van der Waals surface area contributed by atoms with Gasteiger partial charge in [0.25, 0.3) is 0 Å². The molecule has 4 N–H and O–H groups in total. The van der Waals surface area contributed by atoms with Crippen molar-refractivity contribution in [2.24, 2.45) is 0 Å². The van der Waals surface area contributed by atoms with Crippen LogP contribution in [0.2, 0.25) is 0 Å². The number of allylic oxidation sites excluding steroid dienone is 3. The van der Waals surface area contributed by atoms with E-state index in [1.165, 1.54) is 6.92 Å². The maximum atomic E-state index is 9.67. The third kappa shape index (κ3) is 304. The summed E-state index contributed by atoms with van der Waals surface area (Å²) in [5.41, 5.74) is 1.36. The Labute approximate surface area is 157 Å². The van der Waals surface area contributed by atoms with Crippen LogP contribution in [-0.2, 0) is 28.8 Å². The molecule has 0 radical (unpaired) electrons. The molecule has 0 aromatic rings. The summed E-state index contributed by atoms with van der Waals surface area (Å²) in [6.45, 7) is 15.6. The van der Waals surface area contributed by atoms with Gasteiger partial charge in [-0.05, 0) is 38.8 Å². The Kier molecular flexibility index (Phi) is 150. The van der Waals surface area contributed by atoms with Crippen molar-refractivity contribution in [3.05, 3.63) is 23.8 Å². The van der Waals surface area contributed by atoms with E-state index in [-0.39, 0.29) is 11.0 Å². The van der Waals surface area contributed by atoms with E-state index in [1.54, 1.807) is 19.9 Å². The van der Waals surface area contributed by atoms with Crippen molar-refractivity contribution < 1.29 is 39.7 Å². The summed E-state index contributed by atoms with van der Waals surface area (Å²) in [7, 11) is 0. The molecule has 0 fully saturated rings. The first-order valence-electron chi connectivity index (χ1n) is 7.07. The lowest BCUT2D eigenvalue weighted by atomic mass is 10.3. The number of aldehydes is 5. The molecule has 0 saturated carbocycles. The van der Waals surface area contributed by atoms with Crippen LogP contribution in [0.4, 0.5) is 0 Å². The predicted molar refractivity (Wildman–Crippen MR) is 105 cm³/mol. The Morgan fingerprint density at radius 2 is 0.962 bits per heavy atom. The van der Waals surface area contributed by atoms with Crippen molar-refractivity contribution in [3.63, 3.8) is 0 Å². The van der Waals surface area contributed by atoms with E-state index in [0.717, 1.165) is 37.0 Å². The Morgan fingerprint density at radius 1 is 0.769 bits per heavy atom. The maximum Gasteiger partial charge on any atom is 0.145 e. The summed E-state index contributed by atoms with van der Waals surface area (Å²) < 4.78 is 0. The SMILES string of the molecule is C/C=C(/C)C=O.C=C(C)C=O.C=O.CC=O.CCC=O.CCC=O.O.O. The van der Waals surface area contributed by atoms with Crippen LogP contribution in [0.3, 0.4) is 0 Å². The van der Waals surface area contributed by atoms with Crippen LogP contribution in [0.5, 0.6) is 0 Å². The average molecular weight is 380 g/mol. The van der Waals surface area contributed by atoms with Gasteiger partial charge in [0, 0.05) is 12.8 Å². The molecule has 0 saturated heterocycles. The van der Waals surface area contributed by atoms with Gasteiger partial charge in [0.1, 0.15) is 38.2 Å². The first-order valence-corrected chi connectivity index (χ1v) is 7.07. The van der Waals surface area contributed by atoms with Gasteiger partial charge < -0.3 is 30.1 Å². The van der Waals surface area contributed by atoms with E-state index >= 15 is 0 Å². The van der Waals surface area contributed by atoms with Crippen LogP contribution in [0, 0.1) is 0 Å². The van der Waals surface area contributed by atoms with Crippen LogP contribution < -0.4 is 0 Å². The molecule has 0 unspecified atom stereocenters. The van der Waals surface area contributed by atoms with Gasteiger partial charge in [0.2, 0.25) is 0 Å². The third-order valence-corrected chi connectivity index (χ3v) is 1.18. The van der Waals surface area contributed by atoms with Gasteiger partial charge in [-0.15, -0.1) is 0 Å². The molecule has 0 aliphatic rings. The lowest BCUT2D eigenvalue weighted by Gasteiger charge is -1.73. The summed E-state index contributed by atoms with van der Waals surface area (Å²) in [6, 6.07) is 0. The van der Waals surface area contributed by atoms with Crippen LogP contribution in [-0.4, -0.2) is 49.2 Å². The monoisotopic (exact) mass is 380 g/mol. The molecule has 0 amide bonds. The van der Waals surface area contributed by atoms with Crippen molar-refractivity contribution >= 4 is 38.2 Å². The zero-order valence-electron chi connectivity index (χ0n) is 16.7. The van der Waals surface area contributed by atoms with E-state index in [2.05, 4.69) is 6.58 Å². The van der Waals surface area contributed by atoms with Crippen molar-refractivity contribution in [1.82, 2.24) is 0 Å². The van der Waals surface area contributed by atoms with E-state index in [9.17, 15) is 19.2 Å². The highest BCUT2D eigenvalue weighted by atomic mass is 16.1. The van der Waals surface area contributed by atoms with Crippen LogP contribution >= 0.6 is 0 Å². The quantitative estimate of drug-likeness (QED) is 0.529. The van der Waals surface area contributed by atoms with Crippen LogP contribution in [0.15, 0.2) is 23.8 Å². The molecule has 0 aliphatic carbocycles. The van der Waals surface area contributed by atoms with Gasteiger partial charge in [-0.25, -0.2) is 0 Å². The molecule has 156 valence electrons. The first-order chi connectivity index (χ1) is 11.3. The minimum absolute atomic E-state index is 0. The van der Waals surface area contributed by atoms with Gasteiger partial charge >= 0.3 is 0 Å². The normalized spacial score (nSPS) is 6.46. The van der Waals surface area contributed by atoms with Gasteiger partial charge in [-0.3, -0.25) is 9.59 Å². The third-order valence-electron chi connectivity index (χ3n) is 1.18. The predicted octanol–water partition coefficient (Wildman–Crippen LogP) is 1.47. The van der Waals surface area contributed by atoms with Crippen molar-refractivity contribution in [1.29, 1.82) is 0 Å². The molecular formula is C18H36O8. The Bertz CT molecular complexity index is 315. The molecule has 0 rings (SSSR count). The molecule has 0 aliphatic heterocycles. The molecule has 0 heterocycles. The van der Waals surface area contributed by atoms with Gasteiger partial charge in [0.05, 0.1) is 0 Å². The van der Waals surface area contributed by atoms with Crippen molar-refractivity contribution in [2.45, 2.75) is 54.4 Å². The Morgan fingerprint density at radius 3 is 0.962 bits per heavy atom. The fourth-order valence-electron chi connectivity index (χ4n) is 0.0680. The standard InChI is InChI=1S/C5H8O.C4H6O.2C3H6O.C2H4O.CH2O.2H2O/c1-3-5(2)4-6;1-4(2)3-5;2*1-2-3-4;1-2-3;1-2;;/h3-4H,1-2H3;3H,1H2,2H3;2*3H,2H2,1H3;2H,1H3;1H2;2*1H2/b5-3-;;;;;;;. The highest BCUT2D eigenvalue weighted by Gasteiger charge is 1.72. The summed E-state index contributed by atoms with van der Waals surface area (Å²) in [5, 5.41) is 0. The number of hydrogen-bond acceptors (Lipinski definition) is 6. The molecule has 0 spiro atoms. The van der Waals surface area contributed by atoms with E-state index < -0.39 is 0 Å². The largest absolute Gasteiger partial charge is 0.412 e. The maximum absolute atomic E-state index is 9.67. The topological polar surface area (TPSA) is 165 Å². The zero-order chi connectivity index (χ0) is 20.8. The minimum atomic E-state index is 0. The van der Waals surface area contributed by atoms with Crippen molar-refractivity contribution in [2.75, 3.05) is 0 Å². The summed E-state index contributed by atoms with van der Waals surface area (Å²) >= 11 is 0. The van der Waals surface area contributed by atoms with Gasteiger partial charge in [-0.1, -0.05) is 26.5 Å². The molecule has 0 atom stereocenters. The highest BCUT2D eigenvalue weighted by molar-refractivity contribution is 5.71. The minimum Gasteiger partial charge on any atom is -0.412 e. The lowest BCUT2D eigenvalue weighted by Crippen LogP contribution is -1.69. The second-order valence-corrected chi connectivity index (χ2v) is 3.50. The zero-order valence-corrected chi connectivity index (χ0v) is 16.7. The van der Waals surface area contributed by atoms with Crippen molar-refractivity contribution in [3.8, 4) is 0 Å². The van der Waals surface area contributed by atoms with Gasteiger partial charge in [-0.2, -0.15) is 0 Å². The van der Waals surface area contributed by atoms with E-state index in [1.807, 2.05) is 27.6 Å². The number of carbonyl (C=O) groups is 6. The average Bonchev–Trinajstić information content (AvgIpc) is 2.64. The molecule has 8 nitrogen and oxygen atoms in total. The second kappa shape index (κ2) is 78.9. The fourth-order valence-corrected chi connectivity index (χ4v) is 0.0680. The van der Waals surface area contributed by atoms with E-state index in [4.69, 9.17) is 9.59 Å². The first kappa shape index (κ1) is 49.5. The smallest absolute Gasteiger partial charge is 0.145 e. The molecule has 0 bridgehead atoms. The summed E-state index contributed by atoms with van der Waals surface area (Å²) in [5.74, 6) is 0. The number of carbonyl (C=O) groups excluding carboxylic acids is 6. The fraction of sp³-hybridized carbons (Fsp3) is 0.444. The summed E-state index contributed by atoms with van der Waals surface area (Å²) in [6.07, 6.45) is 7.10. The Balaban J connectivity index is -0.0000000253. The molecule has 26 heavy (non-hydrogen) atoms. The van der Waals surface area contributed by atoms with Gasteiger partial charge in [0.15, 0.2) is 0 Å². The number of rotatable bonds is 4. The molecule has 0 aromatic heterocycles. The number of hydrogen-bond donors (Lipinski definition) is 0. The lowest BCUT2D eigenvalue weighted by molar-refractivity contribution is -0.108. The molecular weight excluding hydrogens is 344 g/mol. The Hall–Kier alpha value is -2.58. The van der Waals surface area contributed by atoms with Crippen LogP contribution in [0.1, 0.15) is 54.4 Å². The van der Waals surface area contributed by atoms with E-state index in [0.29, 0.717) is 18.4 Å². The highest BCUT2D eigenvalue weighted by Crippen LogP contribution is 1.80. The molecule has 8 heteroatoms. The molecule has 0 aromatic carbocycles. The summed E-state index contributed by atoms with van der Waals surface area (Å²) in [4.78, 5) is 54.2. The van der Waals surface area contributed by atoms with Crippen LogP contribution in [0.25, 0.3) is 0 Å².